The van der Waals surface area contributed by atoms with E-state index in [1.54, 1.807) is 13.3 Å². The Morgan fingerprint density at radius 1 is 1.03 bits per heavy atom. The number of nitrogens with zero attached hydrogens (tertiary/aromatic N) is 4. The second kappa shape index (κ2) is 9.19. The van der Waals surface area contributed by atoms with Gasteiger partial charge in [0, 0.05) is 51.3 Å². The summed E-state index contributed by atoms with van der Waals surface area (Å²) >= 11 is 0. The molecule has 2 aromatic carbocycles. The SMILES string of the molecule is COc1ccccc1[C@@H]1CC(=O)c2cnc(N3CCN(Cc4ccc5c(c4)OCO5)CC3)nc2C1. The topological polar surface area (TPSA) is 77.0 Å². The minimum absolute atomic E-state index is 0.0625. The molecular weight excluding hydrogens is 444 g/mol. The molecule has 0 radical (unpaired) electrons. The van der Waals surface area contributed by atoms with Crippen LogP contribution in [0.5, 0.6) is 17.2 Å². The molecule has 8 heteroatoms. The highest BCUT2D eigenvalue weighted by Crippen LogP contribution is 2.37. The molecule has 3 aliphatic rings. The molecule has 180 valence electrons. The predicted octanol–water partition coefficient (Wildman–Crippen LogP) is 3.45. The van der Waals surface area contributed by atoms with Crippen molar-refractivity contribution in [3.8, 4) is 17.2 Å². The first-order valence-electron chi connectivity index (χ1n) is 12.1. The third-order valence-electron chi connectivity index (χ3n) is 7.10. The van der Waals surface area contributed by atoms with Gasteiger partial charge in [0.25, 0.3) is 0 Å². The first-order chi connectivity index (χ1) is 17.2. The van der Waals surface area contributed by atoms with Crippen molar-refractivity contribution in [1.82, 2.24) is 14.9 Å². The summed E-state index contributed by atoms with van der Waals surface area (Å²) < 4.78 is 16.5. The van der Waals surface area contributed by atoms with Crippen molar-refractivity contribution in [2.75, 3.05) is 45.0 Å². The Morgan fingerprint density at radius 3 is 2.71 bits per heavy atom. The molecule has 1 aromatic heterocycles. The van der Waals surface area contributed by atoms with Crippen LogP contribution in [0.1, 0.15) is 39.5 Å². The number of carbonyl (C=O) groups is 1. The fraction of sp³-hybridized carbons (Fsp3) is 0.370. The molecule has 0 amide bonds. The summed E-state index contributed by atoms with van der Waals surface area (Å²) in [7, 11) is 1.67. The van der Waals surface area contributed by atoms with E-state index in [1.807, 2.05) is 30.3 Å². The molecule has 3 heterocycles. The molecule has 0 spiro atoms. The Labute approximate surface area is 204 Å². The van der Waals surface area contributed by atoms with Crippen LogP contribution in [0.3, 0.4) is 0 Å². The quantitative estimate of drug-likeness (QED) is 0.559. The molecule has 0 bridgehead atoms. The molecule has 2 aliphatic heterocycles. The van der Waals surface area contributed by atoms with Crippen LogP contribution in [0.2, 0.25) is 0 Å². The molecule has 3 aromatic rings. The zero-order valence-electron chi connectivity index (χ0n) is 19.8. The summed E-state index contributed by atoms with van der Waals surface area (Å²) in [4.78, 5) is 27.0. The Bertz CT molecular complexity index is 1260. The molecule has 1 aliphatic carbocycles. The van der Waals surface area contributed by atoms with Gasteiger partial charge in [-0.3, -0.25) is 9.69 Å². The van der Waals surface area contributed by atoms with Crippen LogP contribution >= 0.6 is 0 Å². The number of anilines is 1. The smallest absolute Gasteiger partial charge is 0.231 e. The summed E-state index contributed by atoms with van der Waals surface area (Å²) in [5.41, 5.74) is 3.77. The fourth-order valence-corrected chi connectivity index (χ4v) is 5.21. The number of rotatable bonds is 5. The number of benzene rings is 2. The number of ether oxygens (including phenoxy) is 3. The van der Waals surface area contributed by atoms with Crippen LogP contribution in [0.4, 0.5) is 5.95 Å². The zero-order chi connectivity index (χ0) is 23.8. The van der Waals surface area contributed by atoms with Gasteiger partial charge in [0.1, 0.15) is 5.75 Å². The van der Waals surface area contributed by atoms with Crippen LogP contribution in [-0.2, 0) is 13.0 Å². The lowest BCUT2D eigenvalue weighted by Crippen LogP contribution is -2.46. The van der Waals surface area contributed by atoms with Gasteiger partial charge in [0.15, 0.2) is 17.3 Å². The largest absolute Gasteiger partial charge is 0.496 e. The highest BCUT2D eigenvalue weighted by molar-refractivity contribution is 5.98. The van der Waals surface area contributed by atoms with Crippen LogP contribution in [-0.4, -0.2) is 60.7 Å². The maximum atomic E-state index is 12.9. The minimum Gasteiger partial charge on any atom is -0.496 e. The number of carbonyl (C=O) groups excluding carboxylic acids is 1. The van der Waals surface area contributed by atoms with Crippen molar-refractivity contribution in [2.24, 2.45) is 0 Å². The lowest BCUT2D eigenvalue weighted by atomic mass is 9.82. The molecule has 8 nitrogen and oxygen atoms in total. The van der Waals surface area contributed by atoms with E-state index in [4.69, 9.17) is 19.2 Å². The van der Waals surface area contributed by atoms with E-state index >= 15 is 0 Å². The second-order valence-corrected chi connectivity index (χ2v) is 9.25. The number of hydrogen-bond donors (Lipinski definition) is 0. The summed E-state index contributed by atoms with van der Waals surface area (Å²) in [6.07, 6.45) is 2.88. The van der Waals surface area contributed by atoms with Crippen molar-refractivity contribution in [1.29, 1.82) is 0 Å². The van der Waals surface area contributed by atoms with E-state index in [-0.39, 0.29) is 11.7 Å². The van der Waals surface area contributed by atoms with Crippen molar-refractivity contribution in [2.45, 2.75) is 25.3 Å². The van der Waals surface area contributed by atoms with E-state index in [0.29, 0.717) is 31.1 Å². The second-order valence-electron chi connectivity index (χ2n) is 9.25. The fourth-order valence-electron chi connectivity index (χ4n) is 5.21. The van der Waals surface area contributed by atoms with Crippen molar-refractivity contribution in [3.05, 3.63) is 71.0 Å². The highest BCUT2D eigenvalue weighted by atomic mass is 16.7. The molecule has 1 saturated heterocycles. The van der Waals surface area contributed by atoms with Crippen molar-refractivity contribution >= 4 is 11.7 Å². The van der Waals surface area contributed by atoms with Crippen LogP contribution in [0.15, 0.2) is 48.7 Å². The van der Waals surface area contributed by atoms with Crippen LogP contribution < -0.4 is 19.1 Å². The Balaban J connectivity index is 1.13. The Morgan fingerprint density at radius 2 is 1.86 bits per heavy atom. The van der Waals surface area contributed by atoms with E-state index < -0.39 is 0 Å². The van der Waals surface area contributed by atoms with Gasteiger partial charge in [-0.1, -0.05) is 24.3 Å². The Kier molecular flexibility index (Phi) is 5.74. The van der Waals surface area contributed by atoms with Gasteiger partial charge in [-0.25, -0.2) is 9.97 Å². The van der Waals surface area contributed by atoms with Gasteiger partial charge in [-0.15, -0.1) is 0 Å². The number of piperazine rings is 1. The van der Waals surface area contributed by atoms with Gasteiger partial charge < -0.3 is 19.1 Å². The first-order valence-corrected chi connectivity index (χ1v) is 12.1. The Hall–Kier alpha value is -3.65. The molecule has 0 N–H and O–H groups in total. The number of fused-ring (bicyclic) bond motifs is 2. The third kappa shape index (κ3) is 4.30. The maximum Gasteiger partial charge on any atom is 0.231 e. The summed E-state index contributed by atoms with van der Waals surface area (Å²) in [5, 5.41) is 0. The van der Waals surface area contributed by atoms with E-state index in [1.165, 1.54) is 5.56 Å². The number of hydrogen-bond acceptors (Lipinski definition) is 8. The summed E-state index contributed by atoms with van der Waals surface area (Å²) in [6.45, 7) is 4.67. The zero-order valence-corrected chi connectivity index (χ0v) is 19.8. The predicted molar refractivity (Wildman–Crippen MR) is 130 cm³/mol. The molecule has 1 atom stereocenters. The molecule has 35 heavy (non-hydrogen) atoms. The first kappa shape index (κ1) is 21.9. The van der Waals surface area contributed by atoms with E-state index in [2.05, 4.69) is 26.9 Å². The summed E-state index contributed by atoms with van der Waals surface area (Å²) in [6, 6.07) is 14.1. The maximum absolute atomic E-state index is 12.9. The lowest BCUT2D eigenvalue weighted by Gasteiger charge is -2.35. The number of ketones is 1. The number of Topliss-reactive ketones (excluding diaryl/α,β-unsaturated/α-hetero) is 1. The third-order valence-corrected chi connectivity index (χ3v) is 7.10. The van der Waals surface area contributed by atoms with Crippen molar-refractivity contribution in [3.63, 3.8) is 0 Å². The molecule has 0 saturated carbocycles. The van der Waals surface area contributed by atoms with Gasteiger partial charge in [-0.05, 0) is 35.7 Å². The minimum atomic E-state index is 0.0625. The average molecular weight is 473 g/mol. The van der Waals surface area contributed by atoms with E-state index in [0.717, 1.165) is 61.2 Å². The van der Waals surface area contributed by atoms with Crippen LogP contribution in [0.25, 0.3) is 0 Å². The highest BCUT2D eigenvalue weighted by Gasteiger charge is 2.30. The number of methoxy groups -OCH3 is 1. The molecule has 1 fully saturated rings. The normalized spacial score (nSPS) is 19.5. The standard InChI is InChI=1S/C27H28N4O4/c1-33-24-5-3-2-4-20(24)19-13-22-21(23(32)14-19)15-28-27(29-22)31-10-8-30(9-11-31)16-18-6-7-25-26(12-18)35-17-34-25/h2-7,12,15,19H,8-11,13-14,16-17H2,1H3/t19-/m0/s1. The van der Waals surface area contributed by atoms with E-state index in [9.17, 15) is 4.79 Å². The molecular formula is C27H28N4O4. The monoisotopic (exact) mass is 472 g/mol. The molecule has 0 unspecified atom stereocenters. The van der Waals surface area contributed by atoms with Gasteiger partial charge >= 0.3 is 0 Å². The number of para-hydroxylation sites is 1. The van der Waals surface area contributed by atoms with Gasteiger partial charge in [-0.2, -0.15) is 0 Å². The number of aromatic nitrogens is 2. The van der Waals surface area contributed by atoms with Crippen molar-refractivity contribution < 1.29 is 19.0 Å². The van der Waals surface area contributed by atoms with Gasteiger partial charge in [0.05, 0.1) is 18.4 Å². The average Bonchev–Trinajstić information content (AvgIpc) is 3.37. The summed E-state index contributed by atoms with van der Waals surface area (Å²) in [5.74, 6) is 3.33. The lowest BCUT2D eigenvalue weighted by molar-refractivity contribution is 0.0962. The van der Waals surface area contributed by atoms with Gasteiger partial charge in [0.2, 0.25) is 12.7 Å². The molecule has 6 rings (SSSR count). The van der Waals surface area contributed by atoms with Crippen LogP contribution in [0, 0.1) is 0 Å².